The second kappa shape index (κ2) is 6.65. The number of aliphatic hydroxyl groups excluding tert-OH is 1. The third-order valence-corrected chi connectivity index (χ3v) is 2.61. The third-order valence-electron chi connectivity index (χ3n) is 2.61. The van der Waals surface area contributed by atoms with Crippen molar-refractivity contribution in [1.82, 2.24) is 5.32 Å². The van der Waals surface area contributed by atoms with E-state index < -0.39 is 23.0 Å². The number of allylic oxidation sites excluding steroid dienone is 1. The first-order valence-electron chi connectivity index (χ1n) is 5.82. The van der Waals surface area contributed by atoms with Crippen molar-refractivity contribution in [2.24, 2.45) is 0 Å². The molecule has 19 heavy (non-hydrogen) atoms. The number of nitro groups is 1. The molecule has 0 bridgehead atoms. The lowest BCUT2D eigenvalue weighted by atomic mass is 10.1. The molecule has 0 spiro atoms. The van der Waals surface area contributed by atoms with Gasteiger partial charge in [-0.1, -0.05) is 24.3 Å². The highest BCUT2D eigenvalue weighted by atomic mass is 16.6. The van der Waals surface area contributed by atoms with E-state index in [9.17, 15) is 20.0 Å². The van der Waals surface area contributed by atoms with Gasteiger partial charge in [0, 0.05) is 6.07 Å². The molecule has 0 saturated carbocycles. The standard InChI is InChI=1S/C13H16N2O4/c1-3-6-12(16)9(2)14-13(17)10-7-4-5-8-11(10)15(18)19/h3-9,12,16H,1-2H3,(H,14,17)/b6-3+. The zero-order valence-electron chi connectivity index (χ0n) is 10.7. The van der Waals surface area contributed by atoms with E-state index in [1.54, 1.807) is 26.0 Å². The van der Waals surface area contributed by atoms with Crippen LogP contribution in [0.4, 0.5) is 5.69 Å². The summed E-state index contributed by atoms with van der Waals surface area (Å²) in [6.07, 6.45) is 2.36. The molecule has 2 N–H and O–H groups in total. The average Bonchev–Trinajstić information content (AvgIpc) is 2.38. The first-order chi connectivity index (χ1) is 8.97. The van der Waals surface area contributed by atoms with Crippen molar-refractivity contribution >= 4 is 11.6 Å². The number of hydrogen-bond donors (Lipinski definition) is 2. The van der Waals surface area contributed by atoms with Crippen LogP contribution in [-0.2, 0) is 0 Å². The molecule has 1 amide bonds. The molecule has 0 aliphatic heterocycles. The van der Waals surface area contributed by atoms with Crippen molar-refractivity contribution < 1.29 is 14.8 Å². The number of aliphatic hydroxyl groups is 1. The van der Waals surface area contributed by atoms with Crippen LogP contribution in [0.15, 0.2) is 36.4 Å². The normalized spacial score (nSPS) is 14.1. The summed E-state index contributed by atoms with van der Waals surface area (Å²) >= 11 is 0. The van der Waals surface area contributed by atoms with Crippen molar-refractivity contribution in [3.8, 4) is 0 Å². The Kier molecular flexibility index (Phi) is 5.20. The van der Waals surface area contributed by atoms with Crippen LogP contribution < -0.4 is 5.32 Å². The maximum Gasteiger partial charge on any atom is 0.282 e. The molecule has 0 radical (unpaired) electrons. The lowest BCUT2D eigenvalue weighted by Crippen LogP contribution is -2.40. The SMILES string of the molecule is C/C=C/C(O)C(C)NC(=O)c1ccccc1[N+](=O)[O-]. The van der Waals surface area contributed by atoms with Gasteiger partial charge in [0.1, 0.15) is 5.56 Å². The summed E-state index contributed by atoms with van der Waals surface area (Å²) in [5.41, 5.74) is -0.278. The molecule has 0 fully saturated rings. The zero-order chi connectivity index (χ0) is 14.4. The summed E-state index contributed by atoms with van der Waals surface area (Å²) in [5.74, 6) is -0.580. The molecule has 6 heteroatoms. The summed E-state index contributed by atoms with van der Waals surface area (Å²) in [5, 5.41) is 23.0. The molecule has 0 aliphatic rings. The Morgan fingerprint density at radius 1 is 1.47 bits per heavy atom. The number of amides is 1. The predicted octanol–water partition coefficient (Wildman–Crippen LogP) is 1.65. The smallest absolute Gasteiger partial charge is 0.282 e. The van der Waals surface area contributed by atoms with Crippen LogP contribution in [0.25, 0.3) is 0 Å². The van der Waals surface area contributed by atoms with Crippen LogP contribution in [0, 0.1) is 10.1 Å². The number of nitro benzene ring substituents is 1. The minimum atomic E-state index is -0.836. The second-order valence-electron chi connectivity index (χ2n) is 4.05. The molecule has 2 atom stereocenters. The highest BCUT2D eigenvalue weighted by molar-refractivity contribution is 5.98. The lowest BCUT2D eigenvalue weighted by Gasteiger charge is -2.17. The van der Waals surface area contributed by atoms with Gasteiger partial charge in [-0.05, 0) is 19.9 Å². The molecular formula is C13H16N2O4. The summed E-state index contributed by atoms with van der Waals surface area (Å²) in [4.78, 5) is 22.1. The first-order valence-corrected chi connectivity index (χ1v) is 5.82. The van der Waals surface area contributed by atoms with Gasteiger partial charge in [-0.25, -0.2) is 0 Å². The van der Waals surface area contributed by atoms with Gasteiger partial charge >= 0.3 is 0 Å². The van der Waals surface area contributed by atoms with Crippen molar-refractivity contribution in [3.05, 3.63) is 52.1 Å². The number of nitrogens with one attached hydrogen (secondary N) is 1. The molecule has 0 aromatic heterocycles. The summed E-state index contributed by atoms with van der Waals surface area (Å²) in [7, 11) is 0. The van der Waals surface area contributed by atoms with Crippen molar-refractivity contribution in [2.45, 2.75) is 26.0 Å². The van der Waals surface area contributed by atoms with E-state index in [0.717, 1.165) is 0 Å². The molecule has 2 unspecified atom stereocenters. The van der Waals surface area contributed by atoms with Crippen LogP contribution in [0.5, 0.6) is 0 Å². The molecule has 0 saturated heterocycles. The van der Waals surface area contributed by atoms with Gasteiger partial charge in [0.2, 0.25) is 0 Å². The van der Waals surface area contributed by atoms with Crippen LogP contribution in [0.1, 0.15) is 24.2 Å². The highest BCUT2D eigenvalue weighted by Crippen LogP contribution is 2.17. The lowest BCUT2D eigenvalue weighted by molar-refractivity contribution is -0.385. The van der Waals surface area contributed by atoms with Gasteiger partial charge < -0.3 is 10.4 Å². The number of para-hydroxylation sites is 1. The number of hydrogen-bond acceptors (Lipinski definition) is 4. The van der Waals surface area contributed by atoms with Gasteiger partial charge in [0.25, 0.3) is 11.6 Å². The number of carbonyl (C=O) groups excluding carboxylic acids is 1. The maximum absolute atomic E-state index is 11.9. The summed E-state index contributed by atoms with van der Waals surface area (Å²) in [6.45, 7) is 3.37. The van der Waals surface area contributed by atoms with Gasteiger partial charge in [-0.3, -0.25) is 14.9 Å². The second-order valence-corrected chi connectivity index (χ2v) is 4.05. The molecule has 0 heterocycles. The first kappa shape index (κ1) is 14.8. The van der Waals surface area contributed by atoms with E-state index in [4.69, 9.17) is 0 Å². The Balaban J connectivity index is 2.87. The Labute approximate surface area is 110 Å². The fourth-order valence-electron chi connectivity index (χ4n) is 1.56. The summed E-state index contributed by atoms with van der Waals surface area (Å²) < 4.78 is 0. The highest BCUT2D eigenvalue weighted by Gasteiger charge is 2.21. The fourth-order valence-corrected chi connectivity index (χ4v) is 1.56. The van der Waals surface area contributed by atoms with Crippen LogP contribution in [0.3, 0.4) is 0 Å². The molecule has 1 rings (SSSR count). The van der Waals surface area contributed by atoms with E-state index in [-0.39, 0.29) is 11.3 Å². The molecule has 102 valence electrons. The summed E-state index contributed by atoms with van der Waals surface area (Å²) in [6, 6.07) is 5.15. The molecule has 1 aromatic rings. The molecule has 1 aromatic carbocycles. The van der Waals surface area contributed by atoms with Crippen molar-refractivity contribution in [2.75, 3.05) is 0 Å². The van der Waals surface area contributed by atoms with Crippen LogP contribution >= 0.6 is 0 Å². The Bertz CT molecular complexity index is 499. The predicted molar refractivity (Wildman–Crippen MR) is 70.8 cm³/mol. The van der Waals surface area contributed by atoms with E-state index in [2.05, 4.69) is 5.32 Å². The molecule has 0 aliphatic carbocycles. The average molecular weight is 264 g/mol. The van der Waals surface area contributed by atoms with E-state index in [1.165, 1.54) is 24.3 Å². The topological polar surface area (TPSA) is 92.5 Å². The third kappa shape index (κ3) is 3.89. The minimum absolute atomic E-state index is 0.0213. The van der Waals surface area contributed by atoms with Crippen LogP contribution in [-0.4, -0.2) is 28.1 Å². The minimum Gasteiger partial charge on any atom is -0.387 e. The van der Waals surface area contributed by atoms with E-state index in [1.807, 2.05) is 0 Å². The van der Waals surface area contributed by atoms with E-state index >= 15 is 0 Å². The quantitative estimate of drug-likeness (QED) is 0.480. The fraction of sp³-hybridized carbons (Fsp3) is 0.308. The number of rotatable bonds is 5. The number of nitrogens with zero attached hydrogens (tertiary/aromatic N) is 1. The Morgan fingerprint density at radius 3 is 2.68 bits per heavy atom. The number of benzene rings is 1. The van der Waals surface area contributed by atoms with Crippen molar-refractivity contribution in [3.63, 3.8) is 0 Å². The van der Waals surface area contributed by atoms with Crippen LogP contribution in [0.2, 0.25) is 0 Å². The Morgan fingerprint density at radius 2 is 2.11 bits per heavy atom. The molecular weight excluding hydrogens is 248 g/mol. The molecule has 6 nitrogen and oxygen atoms in total. The van der Waals surface area contributed by atoms with Gasteiger partial charge in [0.05, 0.1) is 17.1 Å². The maximum atomic E-state index is 11.9. The van der Waals surface area contributed by atoms with Crippen molar-refractivity contribution in [1.29, 1.82) is 0 Å². The van der Waals surface area contributed by atoms with Gasteiger partial charge in [-0.15, -0.1) is 0 Å². The monoisotopic (exact) mass is 264 g/mol. The Hall–Kier alpha value is -2.21. The largest absolute Gasteiger partial charge is 0.387 e. The van der Waals surface area contributed by atoms with E-state index in [0.29, 0.717) is 0 Å². The van der Waals surface area contributed by atoms with Gasteiger partial charge in [0.15, 0.2) is 0 Å². The number of carbonyl (C=O) groups is 1. The zero-order valence-corrected chi connectivity index (χ0v) is 10.7. The van der Waals surface area contributed by atoms with Gasteiger partial charge in [-0.2, -0.15) is 0 Å².